The number of hydrogen-bond acceptors (Lipinski definition) is 5. The zero-order valence-corrected chi connectivity index (χ0v) is 12.0. The quantitative estimate of drug-likeness (QED) is 0.493. The fourth-order valence-electron chi connectivity index (χ4n) is 1.40. The zero-order chi connectivity index (χ0) is 11.9. The predicted molar refractivity (Wildman–Crippen MR) is 61.1 cm³/mol. The van der Waals surface area contributed by atoms with Crippen molar-refractivity contribution in [3.63, 3.8) is 0 Å². The van der Waals surface area contributed by atoms with Gasteiger partial charge >= 0.3 is 15.4 Å². The highest BCUT2D eigenvalue weighted by atomic mass is 31.5. The van der Waals surface area contributed by atoms with Gasteiger partial charge in [-0.15, -0.1) is 0 Å². The minimum Gasteiger partial charge on any atom is -0.386 e. The Morgan fingerprint density at radius 3 is 1.60 bits per heavy atom. The highest BCUT2D eigenvalue weighted by Crippen LogP contribution is 2.58. The molecule has 0 radical (unpaired) electrons. The summed E-state index contributed by atoms with van der Waals surface area (Å²) in [6.45, 7) is 6.44. The Balaban J connectivity index is 5.10. The number of rotatable bonds is 8. The van der Waals surface area contributed by atoms with E-state index < -0.39 is 15.4 Å². The molecule has 0 fully saturated rings. The molecule has 0 N–H and O–H groups in total. The maximum Gasteiger partial charge on any atom is 0.469 e. The van der Waals surface area contributed by atoms with E-state index in [1.54, 1.807) is 0 Å². The molecule has 0 aromatic carbocycles. The van der Waals surface area contributed by atoms with Crippen molar-refractivity contribution < 1.29 is 22.5 Å². The Morgan fingerprint density at radius 1 is 1.00 bits per heavy atom. The first-order valence-electron chi connectivity index (χ1n) is 5.05. The van der Waals surface area contributed by atoms with Crippen LogP contribution in [0.5, 0.6) is 0 Å². The Kier molecular flexibility index (Phi) is 6.91. The molecule has 0 aromatic heterocycles. The zero-order valence-electron chi connectivity index (χ0n) is 10.1. The summed E-state index contributed by atoms with van der Waals surface area (Å²) in [6, 6.07) is 0.535. The van der Waals surface area contributed by atoms with Crippen LogP contribution >= 0.6 is 7.14 Å². The van der Waals surface area contributed by atoms with Crippen LogP contribution in [0.3, 0.4) is 0 Å². The molecule has 92 valence electrons. The summed E-state index contributed by atoms with van der Waals surface area (Å²) >= 11 is 0. The molecule has 0 saturated heterocycles. The van der Waals surface area contributed by atoms with Gasteiger partial charge in [-0.3, -0.25) is 4.57 Å². The van der Waals surface area contributed by atoms with Gasteiger partial charge in [-0.1, -0.05) is 6.92 Å². The average Bonchev–Trinajstić information content (AvgIpc) is 2.27. The molecule has 0 bridgehead atoms. The van der Waals surface area contributed by atoms with Crippen molar-refractivity contribution in [3.05, 3.63) is 0 Å². The first kappa shape index (κ1) is 15.3. The molecule has 0 aliphatic heterocycles. The third-order valence-corrected chi connectivity index (χ3v) is 11.6. The SMILES string of the molecule is CCO[Si](CC)(OCC)P(=O)(OC)OC. The average molecular weight is 256 g/mol. The molecule has 15 heavy (non-hydrogen) atoms. The predicted octanol–water partition coefficient (Wildman–Crippen LogP) is 2.50. The molecule has 0 rings (SSSR count). The van der Waals surface area contributed by atoms with Crippen molar-refractivity contribution in [2.45, 2.75) is 26.8 Å². The summed E-state index contributed by atoms with van der Waals surface area (Å²) in [6.07, 6.45) is 0. The van der Waals surface area contributed by atoms with Crippen LogP contribution < -0.4 is 0 Å². The van der Waals surface area contributed by atoms with Crippen LogP contribution in [-0.2, 0) is 22.5 Å². The minimum atomic E-state index is -3.26. The summed E-state index contributed by atoms with van der Waals surface area (Å²) in [4.78, 5) is 0. The summed E-state index contributed by atoms with van der Waals surface area (Å²) in [5, 5.41) is 0. The molecule has 0 heterocycles. The lowest BCUT2D eigenvalue weighted by Crippen LogP contribution is -2.42. The van der Waals surface area contributed by atoms with Gasteiger partial charge in [0.15, 0.2) is 0 Å². The third-order valence-electron chi connectivity index (χ3n) is 2.08. The summed E-state index contributed by atoms with van der Waals surface area (Å²) in [5.41, 5.74) is 0. The summed E-state index contributed by atoms with van der Waals surface area (Å²) in [5.74, 6) is 0. The van der Waals surface area contributed by atoms with E-state index in [4.69, 9.17) is 17.9 Å². The fraction of sp³-hybridized carbons (Fsp3) is 1.00. The maximum absolute atomic E-state index is 12.4. The Bertz CT molecular complexity index is 209. The van der Waals surface area contributed by atoms with Crippen molar-refractivity contribution in [1.29, 1.82) is 0 Å². The van der Waals surface area contributed by atoms with Crippen molar-refractivity contribution in [3.8, 4) is 0 Å². The van der Waals surface area contributed by atoms with Gasteiger partial charge in [-0.25, -0.2) is 0 Å². The van der Waals surface area contributed by atoms with Gasteiger partial charge in [-0.05, 0) is 19.9 Å². The molecule has 0 saturated carbocycles. The van der Waals surface area contributed by atoms with Crippen molar-refractivity contribution >= 4 is 15.4 Å². The fourth-order valence-corrected chi connectivity index (χ4v) is 8.76. The highest BCUT2D eigenvalue weighted by molar-refractivity contribution is 7.90. The van der Waals surface area contributed by atoms with Gasteiger partial charge < -0.3 is 17.9 Å². The van der Waals surface area contributed by atoms with Crippen LogP contribution in [0.4, 0.5) is 0 Å². The second-order valence-corrected chi connectivity index (χ2v) is 10.9. The van der Waals surface area contributed by atoms with Gasteiger partial charge in [-0.2, -0.15) is 0 Å². The standard InChI is InChI=1S/C8H21O5PSi/c1-6-12-15(8-3,13-7-2)14(9,10-4)11-5/h6-8H2,1-5H3. The van der Waals surface area contributed by atoms with E-state index in [0.717, 1.165) is 0 Å². The van der Waals surface area contributed by atoms with E-state index in [1.807, 2.05) is 20.8 Å². The molecule has 0 unspecified atom stereocenters. The van der Waals surface area contributed by atoms with E-state index in [9.17, 15) is 4.57 Å². The molecular formula is C8H21O5PSi. The largest absolute Gasteiger partial charge is 0.469 e. The highest BCUT2D eigenvalue weighted by Gasteiger charge is 2.57. The van der Waals surface area contributed by atoms with Crippen molar-refractivity contribution in [2.75, 3.05) is 27.4 Å². The smallest absolute Gasteiger partial charge is 0.386 e. The minimum absolute atomic E-state index is 0.441. The summed E-state index contributed by atoms with van der Waals surface area (Å²) in [7, 11) is -3.45. The van der Waals surface area contributed by atoms with Gasteiger partial charge in [0.05, 0.1) is 0 Å². The molecular weight excluding hydrogens is 235 g/mol. The molecule has 0 spiro atoms. The van der Waals surface area contributed by atoms with Crippen LogP contribution in [0.15, 0.2) is 0 Å². The third kappa shape index (κ3) is 3.12. The van der Waals surface area contributed by atoms with E-state index in [0.29, 0.717) is 19.3 Å². The van der Waals surface area contributed by atoms with Crippen LogP contribution in [0, 0.1) is 0 Å². The molecule has 0 aromatic rings. The Labute approximate surface area is 92.7 Å². The Hall–Kier alpha value is 0.287. The Morgan fingerprint density at radius 2 is 1.40 bits per heavy atom. The molecule has 0 amide bonds. The van der Waals surface area contributed by atoms with Gasteiger partial charge in [0, 0.05) is 27.4 Å². The van der Waals surface area contributed by atoms with Crippen LogP contribution in [0.1, 0.15) is 20.8 Å². The molecule has 0 aliphatic rings. The first-order chi connectivity index (χ1) is 7.05. The molecule has 5 nitrogen and oxygen atoms in total. The van der Waals surface area contributed by atoms with Gasteiger partial charge in [0.1, 0.15) is 0 Å². The molecule has 7 heteroatoms. The monoisotopic (exact) mass is 256 g/mol. The van der Waals surface area contributed by atoms with Crippen molar-refractivity contribution in [2.24, 2.45) is 0 Å². The van der Waals surface area contributed by atoms with Crippen LogP contribution in [0.2, 0.25) is 6.04 Å². The maximum atomic E-state index is 12.4. The van der Waals surface area contributed by atoms with Crippen LogP contribution in [0.25, 0.3) is 0 Å². The van der Waals surface area contributed by atoms with Gasteiger partial charge in [0.25, 0.3) is 0 Å². The van der Waals surface area contributed by atoms with E-state index in [2.05, 4.69) is 0 Å². The van der Waals surface area contributed by atoms with E-state index >= 15 is 0 Å². The van der Waals surface area contributed by atoms with Crippen LogP contribution in [-0.4, -0.2) is 35.7 Å². The van der Waals surface area contributed by atoms with Crippen molar-refractivity contribution in [1.82, 2.24) is 0 Å². The summed E-state index contributed by atoms with van der Waals surface area (Å²) < 4.78 is 33.5. The molecule has 0 aliphatic carbocycles. The normalized spacial score (nSPS) is 13.1. The second kappa shape index (κ2) is 6.78. The molecule has 0 atom stereocenters. The first-order valence-corrected chi connectivity index (χ1v) is 9.46. The lowest BCUT2D eigenvalue weighted by atomic mass is 10.9. The van der Waals surface area contributed by atoms with E-state index in [1.165, 1.54) is 14.2 Å². The lowest BCUT2D eigenvalue weighted by Gasteiger charge is -2.32. The van der Waals surface area contributed by atoms with E-state index in [-0.39, 0.29) is 0 Å². The number of hydrogen-bond donors (Lipinski definition) is 0. The lowest BCUT2D eigenvalue weighted by molar-refractivity contribution is 0.181. The topological polar surface area (TPSA) is 54.0 Å². The van der Waals surface area contributed by atoms with Gasteiger partial charge in [0.2, 0.25) is 0 Å². The second-order valence-electron chi connectivity index (χ2n) is 2.79.